The fraction of sp³-hybridized carbons (Fsp3) is 0.385. The molecule has 3 N–H and O–H groups in total. The van der Waals surface area contributed by atoms with Gasteiger partial charge in [-0.15, -0.1) is 0 Å². The minimum atomic E-state index is -1.06. The van der Waals surface area contributed by atoms with Crippen LogP contribution in [-0.4, -0.2) is 30.1 Å². The Hall–Kier alpha value is -1.75. The van der Waals surface area contributed by atoms with Crippen LogP contribution in [-0.2, 0) is 4.79 Å². The number of carbonyl (C=O) groups is 2. The summed E-state index contributed by atoms with van der Waals surface area (Å²) in [5.41, 5.74) is 5.72. The molecule has 0 aliphatic carbocycles. The maximum absolute atomic E-state index is 11.2. The quantitative estimate of drug-likeness (QED) is 0.837. The van der Waals surface area contributed by atoms with Gasteiger partial charge in [-0.3, -0.25) is 4.79 Å². The van der Waals surface area contributed by atoms with Crippen LogP contribution in [0.5, 0.6) is 0 Å². The maximum atomic E-state index is 11.2. The number of carbonyl (C=O) groups excluding carboxylic acids is 1. The van der Waals surface area contributed by atoms with Gasteiger partial charge in [-0.05, 0) is 24.1 Å². The Morgan fingerprint density at radius 2 is 2.05 bits per heavy atom. The average molecular weight is 285 g/mol. The lowest BCUT2D eigenvalue weighted by Gasteiger charge is -2.26. The van der Waals surface area contributed by atoms with Gasteiger partial charge in [0.1, 0.15) is 0 Å². The Bertz CT molecular complexity index is 489. The molecule has 104 valence electrons. The SMILES string of the molecule is CC(C)CN(CC(N)=O)c1cc(Cl)ccc1C(=O)O. The van der Waals surface area contributed by atoms with Gasteiger partial charge in [-0.2, -0.15) is 0 Å². The van der Waals surface area contributed by atoms with E-state index in [1.54, 1.807) is 4.90 Å². The predicted octanol–water partition coefficient (Wildman–Crippen LogP) is 1.99. The molecule has 0 heterocycles. The van der Waals surface area contributed by atoms with Crippen LogP contribution in [0.4, 0.5) is 5.69 Å². The molecule has 5 nitrogen and oxygen atoms in total. The van der Waals surface area contributed by atoms with E-state index >= 15 is 0 Å². The summed E-state index contributed by atoms with van der Waals surface area (Å²) in [6.07, 6.45) is 0. The molecule has 6 heteroatoms. The topological polar surface area (TPSA) is 83.6 Å². The lowest BCUT2D eigenvalue weighted by atomic mass is 10.1. The molecule has 1 aromatic carbocycles. The predicted molar refractivity (Wildman–Crippen MR) is 74.7 cm³/mol. The van der Waals surface area contributed by atoms with Gasteiger partial charge in [0.05, 0.1) is 17.8 Å². The Balaban J connectivity index is 3.22. The Morgan fingerprint density at radius 3 is 2.53 bits per heavy atom. The summed E-state index contributed by atoms with van der Waals surface area (Å²) < 4.78 is 0. The molecule has 0 fully saturated rings. The minimum Gasteiger partial charge on any atom is -0.478 e. The van der Waals surface area contributed by atoms with Crippen LogP contribution in [0.1, 0.15) is 24.2 Å². The molecule has 1 rings (SSSR count). The molecule has 0 aromatic heterocycles. The van der Waals surface area contributed by atoms with Crippen molar-refractivity contribution >= 4 is 29.2 Å². The van der Waals surface area contributed by atoms with Crippen LogP contribution >= 0.6 is 11.6 Å². The van der Waals surface area contributed by atoms with E-state index in [2.05, 4.69) is 0 Å². The van der Waals surface area contributed by atoms with Crippen molar-refractivity contribution in [2.45, 2.75) is 13.8 Å². The highest BCUT2D eigenvalue weighted by atomic mass is 35.5. The van der Waals surface area contributed by atoms with E-state index in [0.717, 1.165) is 0 Å². The zero-order valence-corrected chi connectivity index (χ0v) is 11.6. The van der Waals surface area contributed by atoms with E-state index in [0.29, 0.717) is 17.3 Å². The van der Waals surface area contributed by atoms with E-state index in [1.165, 1.54) is 18.2 Å². The normalized spacial score (nSPS) is 10.5. The van der Waals surface area contributed by atoms with Crippen LogP contribution in [0.25, 0.3) is 0 Å². The third kappa shape index (κ3) is 4.44. The van der Waals surface area contributed by atoms with Crippen LogP contribution < -0.4 is 10.6 Å². The number of carboxylic acids is 1. The van der Waals surface area contributed by atoms with Crippen LogP contribution in [0.2, 0.25) is 5.02 Å². The number of carboxylic acid groups (broad SMARTS) is 1. The lowest BCUT2D eigenvalue weighted by Crippen LogP contribution is -2.37. The summed E-state index contributed by atoms with van der Waals surface area (Å²) in [6, 6.07) is 4.47. The van der Waals surface area contributed by atoms with Gasteiger partial charge in [-0.25, -0.2) is 4.79 Å². The number of primary amides is 1. The number of nitrogens with two attached hydrogens (primary N) is 1. The number of anilines is 1. The molecule has 0 aliphatic rings. The van der Waals surface area contributed by atoms with E-state index < -0.39 is 11.9 Å². The second-order valence-corrected chi connectivity index (χ2v) is 5.14. The second kappa shape index (κ2) is 6.43. The first kappa shape index (κ1) is 15.3. The number of rotatable bonds is 6. The van der Waals surface area contributed by atoms with Crippen molar-refractivity contribution in [3.05, 3.63) is 28.8 Å². The zero-order valence-electron chi connectivity index (χ0n) is 10.9. The van der Waals surface area contributed by atoms with Gasteiger partial charge in [-0.1, -0.05) is 25.4 Å². The van der Waals surface area contributed by atoms with E-state index in [9.17, 15) is 14.7 Å². The van der Waals surface area contributed by atoms with Crippen molar-refractivity contribution < 1.29 is 14.7 Å². The summed E-state index contributed by atoms with van der Waals surface area (Å²) >= 11 is 5.90. The number of hydrogen-bond acceptors (Lipinski definition) is 3. The lowest BCUT2D eigenvalue weighted by molar-refractivity contribution is -0.116. The standard InChI is InChI=1S/C13H17ClN2O3/c1-8(2)6-16(7-12(15)17)11-5-9(14)3-4-10(11)13(18)19/h3-5,8H,6-7H2,1-2H3,(H2,15,17)(H,18,19). The highest BCUT2D eigenvalue weighted by Crippen LogP contribution is 2.25. The summed E-state index contributed by atoms with van der Waals surface area (Å²) in [5.74, 6) is -1.33. The van der Waals surface area contributed by atoms with Crippen molar-refractivity contribution in [2.75, 3.05) is 18.0 Å². The monoisotopic (exact) mass is 284 g/mol. The molecule has 0 spiro atoms. The first-order chi connectivity index (χ1) is 8.81. The van der Waals surface area contributed by atoms with Crippen molar-refractivity contribution in [1.82, 2.24) is 0 Å². The Kier molecular flexibility index (Phi) is 5.18. The van der Waals surface area contributed by atoms with Gasteiger partial charge in [0.15, 0.2) is 0 Å². The molecule has 1 aromatic rings. The van der Waals surface area contributed by atoms with Gasteiger partial charge < -0.3 is 15.7 Å². The van der Waals surface area contributed by atoms with Gasteiger partial charge in [0, 0.05) is 11.6 Å². The number of halogens is 1. The smallest absolute Gasteiger partial charge is 0.337 e. The second-order valence-electron chi connectivity index (χ2n) is 4.71. The molecule has 0 bridgehead atoms. The summed E-state index contributed by atoms with van der Waals surface area (Å²) in [6.45, 7) is 4.42. The first-order valence-electron chi connectivity index (χ1n) is 5.87. The minimum absolute atomic E-state index is 0.0429. The highest BCUT2D eigenvalue weighted by Gasteiger charge is 2.18. The van der Waals surface area contributed by atoms with Crippen LogP contribution in [0, 0.1) is 5.92 Å². The molecule has 0 saturated heterocycles. The van der Waals surface area contributed by atoms with Gasteiger partial charge >= 0.3 is 5.97 Å². The molecular weight excluding hydrogens is 268 g/mol. The van der Waals surface area contributed by atoms with Crippen molar-refractivity contribution in [3.8, 4) is 0 Å². The Morgan fingerprint density at radius 1 is 1.42 bits per heavy atom. The molecular formula is C13H17ClN2O3. The number of nitrogens with zero attached hydrogens (tertiary/aromatic N) is 1. The number of aromatic carboxylic acids is 1. The molecule has 0 radical (unpaired) electrons. The van der Waals surface area contributed by atoms with Gasteiger partial charge in [0.25, 0.3) is 0 Å². The van der Waals surface area contributed by atoms with Gasteiger partial charge in [0.2, 0.25) is 5.91 Å². The summed E-state index contributed by atoms with van der Waals surface area (Å²) in [5, 5.41) is 9.60. The molecule has 0 atom stereocenters. The van der Waals surface area contributed by atoms with Crippen LogP contribution in [0.3, 0.4) is 0 Å². The maximum Gasteiger partial charge on any atom is 0.337 e. The average Bonchev–Trinajstić information content (AvgIpc) is 2.26. The highest BCUT2D eigenvalue weighted by molar-refractivity contribution is 6.31. The number of benzene rings is 1. The van der Waals surface area contributed by atoms with Crippen LogP contribution in [0.15, 0.2) is 18.2 Å². The Labute approximate surface area is 117 Å². The summed E-state index contributed by atoms with van der Waals surface area (Å²) in [4.78, 5) is 24.0. The van der Waals surface area contributed by atoms with E-state index in [4.69, 9.17) is 17.3 Å². The summed E-state index contributed by atoms with van der Waals surface area (Å²) in [7, 11) is 0. The van der Waals surface area contributed by atoms with E-state index in [1.807, 2.05) is 13.8 Å². The number of amides is 1. The third-order valence-corrected chi connectivity index (χ3v) is 2.70. The largest absolute Gasteiger partial charge is 0.478 e. The van der Waals surface area contributed by atoms with E-state index in [-0.39, 0.29) is 18.0 Å². The zero-order chi connectivity index (χ0) is 14.6. The molecule has 0 unspecified atom stereocenters. The molecule has 0 aliphatic heterocycles. The first-order valence-corrected chi connectivity index (χ1v) is 6.25. The van der Waals surface area contributed by atoms with Crippen molar-refractivity contribution in [1.29, 1.82) is 0 Å². The number of hydrogen-bond donors (Lipinski definition) is 2. The van der Waals surface area contributed by atoms with Crippen molar-refractivity contribution in [2.24, 2.45) is 11.7 Å². The molecule has 19 heavy (non-hydrogen) atoms. The fourth-order valence-corrected chi connectivity index (χ4v) is 1.99. The fourth-order valence-electron chi connectivity index (χ4n) is 1.82. The van der Waals surface area contributed by atoms with Crippen molar-refractivity contribution in [3.63, 3.8) is 0 Å². The molecule has 1 amide bonds. The third-order valence-electron chi connectivity index (χ3n) is 2.46. The molecule has 0 saturated carbocycles.